The highest BCUT2D eigenvalue weighted by atomic mass is 32.2. The predicted octanol–water partition coefficient (Wildman–Crippen LogP) is 1.59. The number of sulfone groups is 2. The Hall–Kier alpha value is -2.16. The molecule has 2 aromatic rings. The molecule has 0 radical (unpaired) electrons. The lowest BCUT2D eigenvalue weighted by Gasteiger charge is -2.32. The van der Waals surface area contributed by atoms with Crippen molar-refractivity contribution in [2.24, 2.45) is 5.73 Å². The normalized spacial score (nSPS) is 22.2. The van der Waals surface area contributed by atoms with Gasteiger partial charge in [-0.05, 0) is 30.2 Å². The summed E-state index contributed by atoms with van der Waals surface area (Å²) in [6.45, 7) is -0.298. The lowest BCUT2D eigenvalue weighted by Crippen LogP contribution is -2.52. The van der Waals surface area contributed by atoms with E-state index in [-0.39, 0.29) is 48.3 Å². The second-order valence-corrected chi connectivity index (χ2v) is 16.9. The summed E-state index contributed by atoms with van der Waals surface area (Å²) < 4.78 is 125. The highest BCUT2D eigenvalue weighted by Gasteiger charge is 2.46. The van der Waals surface area contributed by atoms with Crippen LogP contribution in [0.5, 0.6) is 0 Å². The topological polar surface area (TPSA) is 172 Å². The number of nitrogens with zero attached hydrogens (tertiary/aromatic N) is 2. The molecule has 19 heteroatoms. The van der Waals surface area contributed by atoms with E-state index in [4.69, 9.17) is 15.6 Å². The van der Waals surface area contributed by atoms with Gasteiger partial charge in [-0.25, -0.2) is 26.0 Å². The average molecular weight is 666 g/mol. The van der Waals surface area contributed by atoms with Gasteiger partial charge in [0.25, 0.3) is 10.2 Å². The molecule has 3 heterocycles. The molecule has 0 aliphatic carbocycles. The smallest absolute Gasteiger partial charge is 0.475 e. The van der Waals surface area contributed by atoms with Crippen LogP contribution in [0.15, 0.2) is 40.6 Å². The maximum Gasteiger partial charge on any atom is 0.490 e. The monoisotopic (exact) mass is 665 g/mol. The van der Waals surface area contributed by atoms with Crippen molar-refractivity contribution in [2.75, 3.05) is 36.9 Å². The first-order valence-corrected chi connectivity index (χ1v) is 17.6. The van der Waals surface area contributed by atoms with Crippen molar-refractivity contribution in [3.8, 4) is 0 Å². The van der Waals surface area contributed by atoms with E-state index in [1.165, 1.54) is 18.2 Å². The minimum Gasteiger partial charge on any atom is -0.475 e. The van der Waals surface area contributed by atoms with Crippen LogP contribution in [0.3, 0.4) is 0 Å². The molecule has 0 saturated carbocycles. The Bertz CT molecular complexity index is 1560. The summed E-state index contributed by atoms with van der Waals surface area (Å²) in [7, 11) is -11.3. The molecular formula is C22H27F4N3O8S4. The molecular weight excluding hydrogens is 639 g/mol. The first-order valence-electron chi connectivity index (χ1n) is 11.9. The Kier molecular flexibility index (Phi) is 10.2. The zero-order chi connectivity index (χ0) is 30.8. The zero-order valence-electron chi connectivity index (χ0n) is 21.2. The molecule has 2 aliphatic heterocycles. The molecule has 230 valence electrons. The molecule has 0 bridgehead atoms. The number of thiophene rings is 1. The summed E-state index contributed by atoms with van der Waals surface area (Å²) in [5.74, 6) is -4.83. The van der Waals surface area contributed by atoms with E-state index in [9.17, 15) is 42.8 Å². The van der Waals surface area contributed by atoms with Gasteiger partial charge in [-0.3, -0.25) is 0 Å². The van der Waals surface area contributed by atoms with Crippen LogP contribution in [-0.2, 0) is 41.2 Å². The van der Waals surface area contributed by atoms with Crippen molar-refractivity contribution in [1.29, 1.82) is 0 Å². The van der Waals surface area contributed by atoms with Crippen LogP contribution >= 0.6 is 11.3 Å². The van der Waals surface area contributed by atoms with E-state index < -0.39 is 65.6 Å². The Balaban J connectivity index is 0.000000587. The quantitative estimate of drug-likeness (QED) is 0.417. The fraction of sp³-hybridized carbons (Fsp3) is 0.500. The third-order valence-corrected chi connectivity index (χ3v) is 13.6. The van der Waals surface area contributed by atoms with Gasteiger partial charge >= 0.3 is 12.1 Å². The predicted molar refractivity (Wildman–Crippen MR) is 141 cm³/mol. The van der Waals surface area contributed by atoms with Crippen molar-refractivity contribution < 1.29 is 52.7 Å². The molecule has 1 aromatic heterocycles. The van der Waals surface area contributed by atoms with Crippen molar-refractivity contribution in [3.63, 3.8) is 0 Å². The lowest BCUT2D eigenvalue weighted by molar-refractivity contribution is -0.192. The standard InChI is InChI=1S/C20H26FN3O6S4.C2HF3O2/c21-19-4-2-1-3-18(19)15-11-16(14-33(27,28)20-6-5-17(12-22)31-20)24(13-15)34(29,30)23-7-9-32(25,26)10-8-23;3-2(4,5)1(6)7/h1-6,15-16H,7-14,22H2;(H,6,7). The van der Waals surface area contributed by atoms with E-state index in [0.717, 1.165) is 19.9 Å². The summed E-state index contributed by atoms with van der Waals surface area (Å²) in [6, 6.07) is 8.19. The Morgan fingerprint density at radius 1 is 1.07 bits per heavy atom. The summed E-state index contributed by atoms with van der Waals surface area (Å²) in [5.41, 5.74) is 5.92. The summed E-state index contributed by atoms with van der Waals surface area (Å²) >= 11 is 1.04. The first-order chi connectivity index (χ1) is 18.9. The number of nitrogens with two attached hydrogens (primary N) is 1. The second kappa shape index (κ2) is 12.6. The molecule has 1 aromatic carbocycles. The van der Waals surface area contributed by atoms with Gasteiger partial charge in [0, 0.05) is 43.0 Å². The SMILES string of the molecule is NCc1ccc(S(=O)(=O)CC2CC(c3ccccc3F)CN2S(=O)(=O)N2CCS(=O)(=O)CC2)s1.O=C(O)C(F)(F)F. The number of carboxylic acid groups (broad SMARTS) is 1. The molecule has 3 N–H and O–H groups in total. The van der Waals surface area contributed by atoms with E-state index in [1.807, 2.05) is 0 Å². The van der Waals surface area contributed by atoms with Gasteiger partial charge in [-0.15, -0.1) is 11.3 Å². The van der Waals surface area contributed by atoms with Gasteiger partial charge in [-0.2, -0.15) is 30.2 Å². The largest absolute Gasteiger partial charge is 0.490 e. The molecule has 2 unspecified atom stereocenters. The lowest BCUT2D eigenvalue weighted by atomic mass is 9.96. The first kappa shape index (κ1) is 33.3. The second-order valence-electron chi connectivity index (χ2n) is 9.25. The van der Waals surface area contributed by atoms with E-state index in [2.05, 4.69) is 0 Å². The zero-order valence-corrected chi connectivity index (χ0v) is 24.5. The number of carboxylic acids is 1. The third-order valence-electron chi connectivity index (χ3n) is 6.43. The maximum atomic E-state index is 14.5. The molecule has 0 amide bonds. The Morgan fingerprint density at radius 3 is 2.17 bits per heavy atom. The number of benzene rings is 1. The molecule has 41 heavy (non-hydrogen) atoms. The van der Waals surface area contributed by atoms with Crippen molar-refractivity contribution in [2.45, 2.75) is 35.3 Å². The van der Waals surface area contributed by atoms with Gasteiger partial charge in [0.2, 0.25) is 0 Å². The molecule has 2 fully saturated rings. The van der Waals surface area contributed by atoms with E-state index in [1.54, 1.807) is 18.2 Å². The molecule has 2 aliphatic rings. The van der Waals surface area contributed by atoms with Crippen LogP contribution in [0.1, 0.15) is 22.8 Å². The van der Waals surface area contributed by atoms with E-state index in [0.29, 0.717) is 10.4 Å². The van der Waals surface area contributed by atoms with Crippen molar-refractivity contribution >= 4 is 47.2 Å². The maximum absolute atomic E-state index is 14.5. The van der Waals surface area contributed by atoms with Gasteiger partial charge in [0.15, 0.2) is 19.7 Å². The third kappa shape index (κ3) is 8.23. The number of alkyl halides is 3. The van der Waals surface area contributed by atoms with Gasteiger partial charge in [0.05, 0.1) is 17.3 Å². The number of carbonyl (C=O) groups is 1. The van der Waals surface area contributed by atoms with Crippen LogP contribution in [0.2, 0.25) is 0 Å². The number of hydrogen-bond acceptors (Lipinski definition) is 9. The summed E-state index contributed by atoms with van der Waals surface area (Å²) in [4.78, 5) is 9.58. The van der Waals surface area contributed by atoms with Crippen LogP contribution in [0.25, 0.3) is 0 Å². The molecule has 11 nitrogen and oxygen atoms in total. The molecule has 2 saturated heterocycles. The number of aliphatic carboxylic acids is 1. The van der Waals surface area contributed by atoms with Crippen LogP contribution in [-0.4, -0.2) is 94.1 Å². The highest BCUT2D eigenvalue weighted by molar-refractivity contribution is 7.93. The van der Waals surface area contributed by atoms with Crippen molar-refractivity contribution in [3.05, 3.63) is 52.7 Å². The van der Waals surface area contributed by atoms with Gasteiger partial charge in [0.1, 0.15) is 10.0 Å². The fourth-order valence-corrected chi connectivity index (χ4v) is 10.7. The molecule has 4 rings (SSSR count). The van der Waals surface area contributed by atoms with Gasteiger partial charge < -0.3 is 10.8 Å². The Morgan fingerprint density at radius 2 is 1.66 bits per heavy atom. The average Bonchev–Trinajstić information content (AvgIpc) is 3.52. The Labute approximate surface area is 238 Å². The number of halogens is 4. The number of hydrogen-bond donors (Lipinski definition) is 2. The summed E-state index contributed by atoms with van der Waals surface area (Å²) in [6.07, 6.45) is -4.96. The van der Waals surface area contributed by atoms with Crippen LogP contribution in [0, 0.1) is 5.82 Å². The molecule has 2 atom stereocenters. The number of rotatable bonds is 7. The van der Waals surface area contributed by atoms with Crippen LogP contribution < -0.4 is 5.73 Å². The highest BCUT2D eigenvalue weighted by Crippen LogP contribution is 2.37. The minimum absolute atomic E-state index is 0.0921. The fourth-order valence-electron chi connectivity index (χ4n) is 4.40. The van der Waals surface area contributed by atoms with Crippen molar-refractivity contribution in [1.82, 2.24) is 8.61 Å². The molecule has 0 spiro atoms. The summed E-state index contributed by atoms with van der Waals surface area (Å²) in [5, 5.41) is 7.12. The van der Waals surface area contributed by atoms with Crippen LogP contribution in [0.4, 0.5) is 17.6 Å². The van der Waals surface area contributed by atoms with E-state index >= 15 is 0 Å². The minimum atomic E-state index is -5.08. The van der Waals surface area contributed by atoms with Gasteiger partial charge in [-0.1, -0.05) is 18.2 Å².